The van der Waals surface area contributed by atoms with Crippen molar-refractivity contribution in [3.8, 4) is 16.9 Å². The van der Waals surface area contributed by atoms with E-state index in [1.54, 1.807) is 0 Å². The first-order chi connectivity index (χ1) is 9.43. The van der Waals surface area contributed by atoms with Crippen molar-refractivity contribution in [2.24, 2.45) is 0 Å². The van der Waals surface area contributed by atoms with Crippen LogP contribution in [0, 0.1) is 23.3 Å². The van der Waals surface area contributed by atoms with E-state index in [9.17, 15) is 26.3 Å². The molecular formula is C12H5F6NO. The minimum Gasteiger partial charge on any atom is -0.428 e. The molecule has 2 aromatic rings. The maximum Gasteiger partial charge on any atom is 0.387 e. The van der Waals surface area contributed by atoms with Gasteiger partial charge in [0.05, 0.1) is 5.56 Å². The molecule has 8 heteroatoms. The van der Waals surface area contributed by atoms with Crippen molar-refractivity contribution in [2.75, 3.05) is 0 Å². The third-order valence-electron chi connectivity index (χ3n) is 2.40. The molecule has 0 bridgehead atoms. The lowest BCUT2D eigenvalue weighted by molar-refractivity contribution is -0.0553. The van der Waals surface area contributed by atoms with Crippen LogP contribution >= 0.6 is 0 Å². The maximum absolute atomic E-state index is 13.7. The average molecular weight is 293 g/mol. The van der Waals surface area contributed by atoms with Gasteiger partial charge in [-0.15, -0.1) is 0 Å². The van der Waals surface area contributed by atoms with Crippen LogP contribution in [0.4, 0.5) is 26.3 Å². The molecule has 1 aromatic heterocycles. The summed E-state index contributed by atoms with van der Waals surface area (Å²) in [5, 5.41) is 0. The lowest BCUT2D eigenvalue weighted by Crippen LogP contribution is -2.10. The maximum atomic E-state index is 13.7. The minimum absolute atomic E-state index is 0.198. The fraction of sp³-hybridized carbons (Fsp3) is 0.0833. The molecule has 0 spiro atoms. The van der Waals surface area contributed by atoms with Crippen molar-refractivity contribution >= 4 is 0 Å². The van der Waals surface area contributed by atoms with Crippen LogP contribution < -0.4 is 4.74 Å². The summed E-state index contributed by atoms with van der Waals surface area (Å²) in [6.45, 7) is -3.62. The molecule has 1 heterocycles. The zero-order chi connectivity index (χ0) is 14.9. The summed E-state index contributed by atoms with van der Waals surface area (Å²) in [6, 6.07) is 2.21. The summed E-state index contributed by atoms with van der Waals surface area (Å²) >= 11 is 0. The number of benzene rings is 1. The van der Waals surface area contributed by atoms with Gasteiger partial charge < -0.3 is 4.74 Å². The third-order valence-corrected chi connectivity index (χ3v) is 2.40. The highest BCUT2D eigenvalue weighted by atomic mass is 19.3. The summed E-state index contributed by atoms with van der Waals surface area (Å²) < 4.78 is 81.8. The molecule has 0 aliphatic rings. The molecule has 0 N–H and O–H groups in total. The second kappa shape index (κ2) is 5.40. The van der Waals surface area contributed by atoms with E-state index in [1.165, 1.54) is 0 Å². The van der Waals surface area contributed by atoms with Crippen molar-refractivity contribution < 1.29 is 31.1 Å². The van der Waals surface area contributed by atoms with Crippen molar-refractivity contribution in [1.82, 2.24) is 4.98 Å². The molecule has 0 radical (unpaired) electrons. The Labute approximate surface area is 108 Å². The van der Waals surface area contributed by atoms with Gasteiger partial charge in [-0.1, -0.05) is 0 Å². The number of hydrogen-bond donors (Lipinski definition) is 0. The molecule has 0 saturated heterocycles. The van der Waals surface area contributed by atoms with Gasteiger partial charge in [-0.3, -0.25) is 4.98 Å². The smallest absolute Gasteiger partial charge is 0.387 e. The van der Waals surface area contributed by atoms with E-state index in [2.05, 4.69) is 9.72 Å². The minimum atomic E-state index is -3.62. The molecule has 0 atom stereocenters. The van der Waals surface area contributed by atoms with Crippen LogP contribution in [0.25, 0.3) is 11.1 Å². The molecule has 20 heavy (non-hydrogen) atoms. The number of alkyl halides is 2. The van der Waals surface area contributed by atoms with Crippen molar-refractivity contribution in [1.29, 1.82) is 0 Å². The average Bonchev–Trinajstić information content (AvgIpc) is 2.43. The van der Waals surface area contributed by atoms with Crippen molar-refractivity contribution in [3.63, 3.8) is 0 Å². The number of hydrogen-bond acceptors (Lipinski definition) is 2. The van der Waals surface area contributed by atoms with E-state index in [1.807, 2.05) is 0 Å². The molecule has 0 fully saturated rings. The van der Waals surface area contributed by atoms with Gasteiger partial charge in [-0.25, -0.2) is 8.78 Å². The highest BCUT2D eigenvalue weighted by molar-refractivity contribution is 5.66. The van der Waals surface area contributed by atoms with E-state index in [-0.39, 0.29) is 5.56 Å². The molecule has 1 aromatic carbocycles. The topological polar surface area (TPSA) is 22.1 Å². The number of aromatic nitrogens is 1. The highest BCUT2D eigenvalue weighted by Crippen LogP contribution is 2.36. The lowest BCUT2D eigenvalue weighted by Gasteiger charge is -2.12. The Hall–Kier alpha value is -2.25. The van der Waals surface area contributed by atoms with Crippen LogP contribution in [0.15, 0.2) is 24.5 Å². The Balaban J connectivity index is 2.68. The Morgan fingerprint density at radius 3 is 1.80 bits per heavy atom. The number of ether oxygens (including phenoxy) is 1. The number of halogens is 6. The Morgan fingerprint density at radius 2 is 1.35 bits per heavy atom. The summed E-state index contributed by atoms with van der Waals surface area (Å²) in [5.41, 5.74) is -1.22. The summed E-state index contributed by atoms with van der Waals surface area (Å²) in [6.07, 6.45) is 2.29. The number of rotatable bonds is 3. The van der Waals surface area contributed by atoms with Crippen molar-refractivity contribution in [2.45, 2.75) is 6.61 Å². The fourth-order valence-corrected chi connectivity index (χ4v) is 1.58. The Morgan fingerprint density at radius 1 is 0.850 bits per heavy atom. The van der Waals surface area contributed by atoms with Crippen LogP contribution in [0.3, 0.4) is 0 Å². The van der Waals surface area contributed by atoms with Gasteiger partial charge in [-0.2, -0.15) is 17.6 Å². The van der Waals surface area contributed by atoms with Crippen LogP contribution in [0.2, 0.25) is 0 Å². The molecule has 106 valence electrons. The van der Waals surface area contributed by atoms with E-state index >= 15 is 0 Å². The summed E-state index contributed by atoms with van der Waals surface area (Å²) in [5.74, 6) is -9.52. The second-order valence-corrected chi connectivity index (χ2v) is 3.57. The number of nitrogens with zero attached hydrogens (tertiary/aromatic N) is 1. The van der Waals surface area contributed by atoms with Gasteiger partial charge in [0.1, 0.15) is 0 Å². The zero-order valence-electron chi connectivity index (χ0n) is 9.51. The van der Waals surface area contributed by atoms with Crippen LogP contribution in [-0.2, 0) is 0 Å². The Bertz CT molecular complexity index is 603. The molecule has 2 rings (SSSR count). The van der Waals surface area contributed by atoms with E-state index in [4.69, 9.17) is 0 Å². The first-order valence-corrected chi connectivity index (χ1v) is 5.14. The van der Waals surface area contributed by atoms with Gasteiger partial charge in [0, 0.05) is 12.4 Å². The van der Waals surface area contributed by atoms with Crippen LogP contribution in [-0.4, -0.2) is 11.6 Å². The first-order valence-electron chi connectivity index (χ1n) is 5.14. The van der Waals surface area contributed by atoms with Gasteiger partial charge in [0.2, 0.25) is 17.4 Å². The predicted molar refractivity (Wildman–Crippen MR) is 56.1 cm³/mol. The van der Waals surface area contributed by atoms with Gasteiger partial charge in [0.25, 0.3) is 0 Å². The van der Waals surface area contributed by atoms with Gasteiger partial charge in [0.15, 0.2) is 11.6 Å². The van der Waals surface area contributed by atoms with E-state index < -0.39 is 41.2 Å². The normalized spacial score (nSPS) is 10.9. The molecule has 0 unspecified atom stereocenters. The van der Waals surface area contributed by atoms with Gasteiger partial charge >= 0.3 is 6.61 Å². The van der Waals surface area contributed by atoms with Crippen LogP contribution in [0.5, 0.6) is 5.75 Å². The molecule has 2 nitrogen and oxygen atoms in total. The predicted octanol–water partition coefficient (Wildman–Crippen LogP) is 3.91. The summed E-state index contributed by atoms with van der Waals surface area (Å²) in [4.78, 5) is 3.58. The standard InChI is InChI=1S/C12H5F6NO/c13-7-6(5-1-3-19-4-2-5)8(14)10(16)11(9(7)15)20-12(17)18/h1-4,12H. The van der Waals surface area contributed by atoms with E-state index in [0.29, 0.717) is 0 Å². The molecule has 0 aliphatic carbocycles. The largest absolute Gasteiger partial charge is 0.428 e. The quantitative estimate of drug-likeness (QED) is 0.632. The SMILES string of the molecule is Fc1c(F)c(-c2ccncc2)c(F)c(F)c1OC(F)F. The second-order valence-electron chi connectivity index (χ2n) is 3.57. The summed E-state index contributed by atoms with van der Waals surface area (Å²) in [7, 11) is 0. The van der Waals surface area contributed by atoms with Crippen LogP contribution in [0.1, 0.15) is 0 Å². The molecule has 0 saturated carbocycles. The zero-order valence-corrected chi connectivity index (χ0v) is 9.51. The molecule has 0 aliphatic heterocycles. The fourth-order valence-electron chi connectivity index (χ4n) is 1.58. The number of pyridine rings is 1. The lowest BCUT2D eigenvalue weighted by atomic mass is 10.0. The van der Waals surface area contributed by atoms with Crippen molar-refractivity contribution in [3.05, 3.63) is 47.8 Å². The highest BCUT2D eigenvalue weighted by Gasteiger charge is 2.28. The molecule has 0 amide bonds. The monoisotopic (exact) mass is 293 g/mol. The Kier molecular flexibility index (Phi) is 3.82. The van der Waals surface area contributed by atoms with E-state index in [0.717, 1.165) is 24.5 Å². The first kappa shape index (κ1) is 14.2. The van der Waals surface area contributed by atoms with Gasteiger partial charge in [-0.05, 0) is 17.7 Å². The molecular weight excluding hydrogens is 288 g/mol. The third kappa shape index (κ3) is 2.40.